The zero-order valence-corrected chi connectivity index (χ0v) is 17.6. The van der Waals surface area contributed by atoms with Gasteiger partial charge in [-0.2, -0.15) is 10.1 Å². The molecular formula is C19H22N4O5S. The highest BCUT2D eigenvalue weighted by atomic mass is 32.1. The summed E-state index contributed by atoms with van der Waals surface area (Å²) in [5.41, 5.74) is 0.965. The van der Waals surface area contributed by atoms with Crippen LogP contribution in [-0.2, 0) is 16.1 Å². The van der Waals surface area contributed by atoms with Crippen molar-refractivity contribution in [3.8, 4) is 11.5 Å². The number of rotatable bonds is 6. The number of esters is 1. The number of nitrogens with zero attached hydrogens (tertiary/aromatic N) is 4. The minimum Gasteiger partial charge on any atom is -0.495 e. The van der Waals surface area contributed by atoms with Gasteiger partial charge in [0.1, 0.15) is 34.0 Å². The standard InChI is InChI=1S/C19H22N4O5S/c1-11(2)23-12(8-9-20-23)18(25)21-19-22(10-15(24)28-5)16-13(26-3)6-7-14(27-4)17(16)29-19/h6-9,11H,10H2,1-5H3. The largest absolute Gasteiger partial charge is 0.495 e. The predicted octanol–water partition coefficient (Wildman–Crippen LogP) is 2.41. The summed E-state index contributed by atoms with van der Waals surface area (Å²) in [6, 6.07) is 5.12. The number of ether oxygens (including phenoxy) is 3. The molecule has 3 aromatic rings. The molecule has 2 aromatic heterocycles. The third kappa shape index (κ3) is 3.88. The van der Waals surface area contributed by atoms with Gasteiger partial charge >= 0.3 is 5.97 Å². The third-order valence-corrected chi connectivity index (χ3v) is 5.38. The van der Waals surface area contributed by atoms with Crippen LogP contribution in [0.3, 0.4) is 0 Å². The summed E-state index contributed by atoms with van der Waals surface area (Å²) >= 11 is 1.23. The van der Waals surface area contributed by atoms with E-state index in [-0.39, 0.29) is 12.6 Å². The fourth-order valence-electron chi connectivity index (χ4n) is 2.92. The summed E-state index contributed by atoms with van der Waals surface area (Å²) in [6.45, 7) is 3.72. The van der Waals surface area contributed by atoms with E-state index in [2.05, 4.69) is 10.1 Å². The molecule has 0 saturated carbocycles. The molecule has 3 rings (SSSR count). The van der Waals surface area contributed by atoms with Crippen molar-refractivity contribution < 1.29 is 23.8 Å². The molecule has 29 heavy (non-hydrogen) atoms. The Morgan fingerprint density at radius 3 is 2.45 bits per heavy atom. The Morgan fingerprint density at radius 1 is 1.14 bits per heavy atom. The Labute approximate surface area is 171 Å². The number of amides is 1. The van der Waals surface area contributed by atoms with Crippen LogP contribution >= 0.6 is 11.3 Å². The van der Waals surface area contributed by atoms with E-state index in [0.717, 1.165) is 0 Å². The van der Waals surface area contributed by atoms with E-state index in [1.54, 1.807) is 40.8 Å². The first-order chi connectivity index (χ1) is 13.9. The lowest BCUT2D eigenvalue weighted by molar-refractivity contribution is -0.141. The molecule has 0 aliphatic carbocycles. The van der Waals surface area contributed by atoms with Crippen LogP contribution in [0.2, 0.25) is 0 Å². The minimum atomic E-state index is -0.476. The van der Waals surface area contributed by atoms with Gasteiger partial charge in [0.15, 0.2) is 4.80 Å². The lowest BCUT2D eigenvalue weighted by Gasteiger charge is -2.09. The van der Waals surface area contributed by atoms with E-state index < -0.39 is 11.9 Å². The van der Waals surface area contributed by atoms with Crippen molar-refractivity contribution in [2.45, 2.75) is 26.4 Å². The Hall–Kier alpha value is -3.14. The highest BCUT2D eigenvalue weighted by molar-refractivity contribution is 7.16. The zero-order chi connectivity index (χ0) is 21.1. The van der Waals surface area contributed by atoms with Crippen LogP contribution in [0.15, 0.2) is 29.4 Å². The molecule has 1 amide bonds. The molecule has 0 aliphatic rings. The summed E-state index contributed by atoms with van der Waals surface area (Å²) in [4.78, 5) is 29.5. The monoisotopic (exact) mass is 418 g/mol. The molecular weight excluding hydrogens is 396 g/mol. The van der Waals surface area contributed by atoms with Crippen LogP contribution < -0.4 is 14.3 Å². The number of hydrogen-bond donors (Lipinski definition) is 0. The van der Waals surface area contributed by atoms with Crippen molar-refractivity contribution in [3.63, 3.8) is 0 Å². The predicted molar refractivity (Wildman–Crippen MR) is 107 cm³/mol. The van der Waals surface area contributed by atoms with E-state index in [0.29, 0.717) is 32.2 Å². The van der Waals surface area contributed by atoms with Crippen LogP contribution in [0.1, 0.15) is 30.4 Å². The SMILES string of the molecule is COC(=O)Cn1c(=NC(=O)c2ccnn2C(C)C)sc2c(OC)ccc(OC)c21. The Balaban J connectivity index is 2.26. The average molecular weight is 418 g/mol. The molecule has 0 radical (unpaired) electrons. The lowest BCUT2D eigenvalue weighted by atomic mass is 10.3. The summed E-state index contributed by atoms with van der Waals surface area (Å²) < 4.78 is 19.6. The number of aromatic nitrogens is 3. The van der Waals surface area contributed by atoms with Gasteiger partial charge in [-0.3, -0.25) is 14.3 Å². The molecule has 9 nitrogen and oxygen atoms in total. The number of benzene rings is 1. The smallest absolute Gasteiger partial charge is 0.325 e. The Kier molecular flexibility index (Phi) is 6.02. The van der Waals surface area contributed by atoms with E-state index in [4.69, 9.17) is 14.2 Å². The zero-order valence-electron chi connectivity index (χ0n) is 16.8. The molecule has 0 unspecified atom stereocenters. The van der Waals surface area contributed by atoms with Gasteiger partial charge in [-0.1, -0.05) is 11.3 Å². The van der Waals surface area contributed by atoms with Gasteiger partial charge in [-0.05, 0) is 32.0 Å². The van der Waals surface area contributed by atoms with Crippen LogP contribution in [-0.4, -0.2) is 47.6 Å². The first-order valence-electron chi connectivity index (χ1n) is 8.85. The van der Waals surface area contributed by atoms with Crippen molar-refractivity contribution in [2.75, 3.05) is 21.3 Å². The molecule has 0 atom stereocenters. The lowest BCUT2D eigenvalue weighted by Crippen LogP contribution is -2.23. The van der Waals surface area contributed by atoms with E-state index in [1.807, 2.05) is 13.8 Å². The second-order valence-electron chi connectivity index (χ2n) is 6.37. The van der Waals surface area contributed by atoms with E-state index in [1.165, 1.54) is 25.6 Å². The second kappa shape index (κ2) is 8.48. The highest BCUT2D eigenvalue weighted by Gasteiger charge is 2.20. The first kappa shape index (κ1) is 20.6. The van der Waals surface area contributed by atoms with Gasteiger partial charge in [0.05, 0.1) is 21.3 Å². The minimum absolute atomic E-state index is 0.00365. The molecule has 0 N–H and O–H groups in total. The molecule has 10 heteroatoms. The van der Waals surface area contributed by atoms with E-state index >= 15 is 0 Å². The summed E-state index contributed by atoms with van der Waals surface area (Å²) in [5.74, 6) is 0.183. The number of carbonyl (C=O) groups is 2. The maximum Gasteiger partial charge on any atom is 0.325 e. The topological polar surface area (TPSA) is 96.9 Å². The second-order valence-corrected chi connectivity index (χ2v) is 7.34. The maximum absolute atomic E-state index is 12.9. The number of thiazole rings is 1. The first-order valence-corrected chi connectivity index (χ1v) is 9.66. The number of hydrogen-bond acceptors (Lipinski definition) is 7. The molecule has 2 heterocycles. The summed E-state index contributed by atoms with van der Waals surface area (Å²) in [5, 5.41) is 4.18. The number of carbonyl (C=O) groups excluding carboxylic acids is 2. The van der Waals surface area contributed by atoms with Crippen molar-refractivity contribution in [1.82, 2.24) is 14.3 Å². The molecule has 154 valence electrons. The Bertz CT molecular complexity index is 1130. The summed E-state index contributed by atoms with van der Waals surface area (Å²) in [6.07, 6.45) is 1.56. The molecule has 0 bridgehead atoms. The van der Waals surface area contributed by atoms with Crippen LogP contribution in [0.4, 0.5) is 0 Å². The third-order valence-electron chi connectivity index (χ3n) is 4.28. The van der Waals surface area contributed by atoms with Gasteiger partial charge in [-0.15, -0.1) is 0 Å². The normalized spacial score (nSPS) is 11.9. The van der Waals surface area contributed by atoms with Crippen LogP contribution in [0.25, 0.3) is 10.2 Å². The maximum atomic E-state index is 12.9. The molecule has 0 fully saturated rings. The Morgan fingerprint density at radius 2 is 1.83 bits per heavy atom. The highest BCUT2D eigenvalue weighted by Crippen LogP contribution is 2.35. The van der Waals surface area contributed by atoms with Gasteiger partial charge < -0.3 is 18.8 Å². The van der Waals surface area contributed by atoms with Crippen LogP contribution in [0.5, 0.6) is 11.5 Å². The molecule has 0 aliphatic heterocycles. The van der Waals surface area contributed by atoms with Crippen molar-refractivity contribution >= 4 is 33.4 Å². The number of methoxy groups -OCH3 is 3. The quantitative estimate of drug-likeness (QED) is 0.571. The number of fused-ring (bicyclic) bond motifs is 1. The fourth-order valence-corrected chi connectivity index (χ4v) is 4.06. The summed E-state index contributed by atoms with van der Waals surface area (Å²) in [7, 11) is 4.39. The van der Waals surface area contributed by atoms with Crippen molar-refractivity contribution in [1.29, 1.82) is 0 Å². The average Bonchev–Trinajstić information content (AvgIpc) is 3.33. The van der Waals surface area contributed by atoms with E-state index in [9.17, 15) is 9.59 Å². The molecule has 1 aromatic carbocycles. The van der Waals surface area contributed by atoms with Gasteiger partial charge in [0.2, 0.25) is 0 Å². The van der Waals surface area contributed by atoms with Gasteiger partial charge in [0, 0.05) is 12.2 Å². The van der Waals surface area contributed by atoms with Gasteiger partial charge in [0.25, 0.3) is 5.91 Å². The van der Waals surface area contributed by atoms with Gasteiger partial charge in [-0.25, -0.2) is 0 Å². The van der Waals surface area contributed by atoms with Crippen molar-refractivity contribution in [2.24, 2.45) is 4.99 Å². The fraction of sp³-hybridized carbons (Fsp3) is 0.368. The van der Waals surface area contributed by atoms with Crippen LogP contribution in [0, 0.1) is 0 Å². The molecule has 0 saturated heterocycles. The molecule has 0 spiro atoms. The van der Waals surface area contributed by atoms with Crippen molar-refractivity contribution in [3.05, 3.63) is 34.9 Å².